The molecule has 0 aliphatic heterocycles. The standard InChI is InChI=1S/C22H28NO6P/c1-3-28-30(27,29-4-2)16-8-9-17-12-14-18(15-13-17)20(22(25)26)23-21(24)19-10-6-5-7-11-19/h5-7,10-15,20H,3-4,8-9,16H2,1-2H3,(H,23,24)(H,25,26). The lowest BCUT2D eigenvalue weighted by molar-refractivity contribution is -0.139. The largest absolute Gasteiger partial charge is 0.479 e. The second-order valence-corrected chi connectivity index (χ2v) is 8.81. The van der Waals surface area contributed by atoms with Gasteiger partial charge in [-0.3, -0.25) is 9.36 Å². The van der Waals surface area contributed by atoms with Crippen molar-refractivity contribution in [1.29, 1.82) is 0 Å². The average Bonchev–Trinajstić information content (AvgIpc) is 2.73. The molecule has 1 amide bonds. The van der Waals surface area contributed by atoms with Crippen molar-refractivity contribution in [1.82, 2.24) is 5.32 Å². The van der Waals surface area contributed by atoms with Crippen molar-refractivity contribution in [2.75, 3.05) is 19.4 Å². The fraction of sp³-hybridized carbons (Fsp3) is 0.364. The first kappa shape index (κ1) is 23.8. The van der Waals surface area contributed by atoms with E-state index < -0.39 is 25.5 Å². The number of hydrogen-bond donors (Lipinski definition) is 2. The van der Waals surface area contributed by atoms with Gasteiger partial charge in [-0.1, -0.05) is 42.5 Å². The van der Waals surface area contributed by atoms with Gasteiger partial charge in [0.25, 0.3) is 5.91 Å². The number of aliphatic carboxylic acids is 1. The molecule has 1 unspecified atom stereocenters. The number of hydrogen-bond acceptors (Lipinski definition) is 5. The third kappa shape index (κ3) is 7.10. The van der Waals surface area contributed by atoms with Gasteiger partial charge < -0.3 is 19.5 Å². The lowest BCUT2D eigenvalue weighted by Gasteiger charge is -2.17. The molecule has 0 spiro atoms. The van der Waals surface area contributed by atoms with Crippen molar-refractivity contribution in [3.8, 4) is 0 Å². The molecule has 0 radical (unpaired) electrons. The summed E-state index contributed by atoms with van der Waals surface area (Å²) in [6.45, 7) is 4.22. The van der Waals surface area contributed by atoms with Gasteiger partial charge in [0.15, 0.2) is 6.04 Å². The van der Waals surface area contributed by atoms with Gasteiger partial charge in [-0.2, -0.15) is 0 Å². The van der Waals surface area contributed by atoms with Crippen LogP contribution in [-0.2, 0) is 24.8 Å². The minimum Gasteiger partial charge on any atom is -0.479 e. The molecule has 2 rings (SSSR count). The van der Waals surface area contributed by atoms with Gasteiger partial charge in [0, 0.05) is 5.56 Å². The maximum Gasteiger partial charge on any atom is 0.330 e. The second-order valence-electron chi connectivity index (χ2n) is 6.63. The zero-order valence-electron chi connectivity index (χ0n) is 17.2. The Hall–Kier alpha value is -2.47. The molecular weight excluding hydrogens is 405 g/mol. The summed E-state index contributed by atoms with van der Waals surface area (Å²) in [6, 6.07) is 14.3. The highest BCUT2D eigenvalue weighted by Gasteiger charge is 2.24. The molecule has 0 saturated carbocycles. The molecular formula is C22H28NO6P. The van der Waals surface area contributed by atoms with Crippen LogP contribution in [0.15, 0.2) is 54.6 Å². The molecule has 0 saturated heterocycles. The number of benzene rings is 2. The predicted molar refractivity (Wildman–Crippen MR) is 115 cm³/mol. The summed E-state index contributed by atoms with van der Waals surface area (Å²) in [5.41, 5.74) is 1.84. The average molecular weight is 433 g/mol. The first-order chi connectivity index (χ1) is 14.4. The quantitative estimate of drug-likeness (QED) is 0.480. The van der Waals surface area contributed by atoms with Crippen LogP contribution in [0.25, 0.3) is 0 Å². The van der Waals surface area contributed by atoms with Crippen LogP contribution in [0.2, 0.25) is 0 Å². The lowest BCUT2D eigenvalue weighted by atomic mass is 10.0. The van der Waals surface area contributed by atoms with Crippen molar-refractivity contribution in [2.45, 2.75) is 32.7 Å². The topological polar surface area (TPSA) is 102 Å². The minimum absolute atomic E-state index is 0.321. The van der Waals surface area contributed by atoms with Crippen LogP contribution < -0.4 is 5.32 Å². The normalized spacial score (nSPS) is 12.3. The Morgan fingerprint density at radius 3 is 2.13 bits per heavy atom. The molecule has 7 nitrogen and oxygen atoms in total. The highest BCUT2D eigenvalue weighted by molar-refractivity contribution is 7.53. The van der Waals surface area contributed by atoms with E-state index in [1.165, 1.54) is 0 Å². The minimum atomic E-state index is -3.07. The second kappa shape index (κ2) is 11.6. The highest BCUT2D eigenvalue weighted by Crippen LogP contribution is 2.48. The Kier molecular flexibility index (Phi) is 9.24. The molecule has 2 N–H and O–H groups in total. The number of amides is 1. The fourth-order valence-electron chi connectivity index (χ4n) is 3.00. The molecule has 2 aromatic rings. The molecule has 0 fully saturated rings. The van der Waals surface area contributed by atoms with E-state index in [4.69, 9.17) is 9.05 Å². The lowest BCUT2D eigenvalue weighted by Crippen LogP contribution is -2.33. The van der Waals surface area contributed by atoms with Crippen LogP contribution in [0.1, 0.15) is 47.8 Å². The van der Waals surface area contributed by atoms with Gasteiger partial charge >= 0.3 is 13.6 Å². The van der Waals surface area contributed by atoms with Crippen LogP contribution in [0.5, 0.6) is 0 Å². The van der Waals surface area contributed by atoms with Crippen molar-refractivity contribution < 1.29 is 28.3 Å². The number of carbonyl (C=O) groups excluding carboxylic acids is 1. The van der Waals surface area contributed by atoms with Crippen LogP contribution in [0.3, 0.4) is 0 Å². The summed E-state index contributed by atoms with van der Waals surface area (Å²) in [4.78, 5) is 24.0. The van der Waals surface area contributed by atoms with E-state index in [2.05, 4.69) is 5.32 Å². The Morgan fingerprint density at radius 2 is 1.60 bits per heavy atom. The molecule has 0 aliphatic carbocycles. The first-order valence-electron chi connectivity index (χ1n) is 9.94. The molecule has 162 valence electrons. The number of carbonyl (C=O) groups is 2. The van der Waals surface area contributed by atoms with Gasteiger partial charge in [0.05, 0.1) is 19.4 Å². The van der Waals surface area contributed by atoms with Gasteiger partial charge in [-0.05, 0) is 49.9 Å². The maximum absolute atomic E-state index is 12.5. The van der Waals surface area contributed by atoms with E-state index in [0.29, 0.717) is 43.3 Å². The highest BCUT2D eigenvalue weighted by atomic mass is 31.2. The third-order valence-corrected chi connectivity index (χ3v) is 6.59. The Bertz CT molecular complexity index is 859. The van der Waals surface area contributed by atoms with Crippen molar-refractivity contribution in [3.63, 3.8) is 0 Å². The van der Waals surface area contributed by atoms with Crippen molar-refractivity contribution in [2.24, 2.45) is 0 Å². The van der Waals surface area contributed by atoms with Crippen LogP contribution in [-0.4, -0.2) is 36.4 Å². The number of carboxylic acid groups (broad SMARTS) is 1. The third-order valence-electron chi connectivity index (χ3n) is 4.42. The molecule has 0 aromatic heterocycles. The summed E-state index contributed by atoms with van der Waals surface area (Å²) < 4.78 is 23.1. The SMILES string of the molecule is CCOP(=O)(CCCc1ccc(C(NC(=O)c2ccccc2)C(=O)O)cc1)OCC. The zero-order chi connectivity index (χ0) is 22.0. The number of nitrogens with one attached hydrogen (secondary N) is 1. The Balaban J connectivity index is 1.99. The van der Waals surface area contributed by atoms with E-state index >= 15 is 0 Å². The van der Waals surface area contributed by atoms with Crippen LogP contribution >= 0.6 is 7.60 Å². The maximum atomic E-state index is 12.5. The van der Waals surface area contributed by atoms with Gasteiger partial charge in [0.2, 0.25) is 0 Å². The van der Waals surface area contributed by atoms with Crippen LogP contribution in [0.4, 0.5) is 0 Å². The van der Waals surface area contributed by atoms with E-state index in [9.17, 15) is 19.3 Å². The van der Waals surface area contributed by atoms with Gasteiger partial charge in [-0.15, -0.1) is 0 Å². The van der Waals surface area contributed by atoms with E-state index in [0.717, 1.165) is 5.56 Å². The van der Waals surface area contributed by atoms with E-state index in [1.54, 1.807) is 56.3 Å². The summed E-state index contributed by atoms with van der Waals surface area (Å²) >= 11 is 0. The number of aryl methyl sites for hydroxylation is 1. The number of carboxylic acids is 1. The molecule has 1 atom stereocenters. The molecule has 8 heteroatoms. The van der Waals surface area contributed by atoms with Crippen molar-refractivity contribution >= 4 is 19.5 Å². The fourth-order valence-corrected chi connectivity index (χ4v) is 4.67. The molecule has 0 bridgehead atoms. The first-order valence-corrected chi connectivity index (χ1v) is 11.7. The van der Waals surface area contributed by atoms with Gasteiger partial charge in [0.1, 0.15) is 0 Å². The van der Waals surface area contributed by atoms with E-state index in [1.807, 2.05) is 12.1 Å². The summed E-state index contributed by atoms with van der Waals surface area (Å²) in [5.74, 6) is -1.59. The zero-order valence-corrected chi connectivity index (χ0v) is 18.1. The molecule has 30 heavy (non-hydrogen) atoms. The van der Waals surface area contributed by atoms with Gasteiger partial charge in [-0.25, -0.2) is 4.79 Å². The van der Waals surface area contributed by atoms with E-state index in [-0.39, 0.29) is 0 Å². The summed E-state index contributed by atoms with van der Waals surface area (Å²) in [7, 11) is -3.07. The summed E-state index contributed by atoms with van der Waals surface area (Å²) in [6.07, 6.45) is 1.59. The van der Waals surface area contributed by atoms with Crippen molar-refractivity contribution in [3.05, 3.63) is 71.3 Å². The smallest absolute Gasteiger partial charge is 0.330 e. The summed E-state index contributed by atoms with van der Waals surface area (Å²) in [5, 5.41) is 12.1. The number of rotatable bonds is 12. The molecule has 0 heterocycles. The predicted octanol–water partition coefficient (Wildman–Crippen LogP) is 4.44. The monoisotopic (exact) mass is 433 g/mol. The van der Waals surface area contributed by atoms with Crippen LogP contribution in [0, 0.1) is 0 Å². The Labute approximate surface area is 176 Å². The molecule has 0 aliphatic rings. The Morgan fingerprint density at radius 1 is 1.00 bits per heavy atom. The molecule has 2 aromatic carbocycles.